The number of hydrogen-bond donors (Lipinski definition) is 2. The van der Waals surface area contributed by atoms with Crippen LogP contribution in [0.4, 0.5) is 0 Å². The van der Waals surface area contributed by atoms with Crippen molar-refractivity contribution in [3.05, 3.63) is 17.0 Å². The summed E-state index contributed by atoms with van der Waals surface area (Å²) in [7, 11) is 1.78. The molecule has 1 aromatic heterocycles. The van der Waals surface area contributed by atoms with E-state index < -0.39 is 11.9 Å². The number of aliphatic carboxylic acids is 1. The quantitative estimate of drug-likeness (QED) is 0.869. The van der Waals surface area contributed by atoms with Gasteiger partial charge in [0.05, 0.1) is 17.2 Å². The van der Waals surface area contributed by atoms with E-state index in [9.17, 15) is 14.7 Å². The Balaban J connectivity index is 2.76. The standard InChI is InChI=1S/C15H25N3O3/c1-9-12(10(2)18(6)17-9)13(19)16-8-11(14(20)21)7-15(3,4)5/h11H,7-8H2,1-6H3,(H,16,19)(H,20,21). The Labute approximate surface area is 125 Å². The molecule has 0 fully saturated rings. The predicted molar refractivity (Wildman–Crippen MR) is 80.2 cm³/mol. The molecule has 0 aliphatic carbocycles. The van der Waals surface area contributed by atoms with E-state index in [1.165, 1.54) is 0 Å². The van der Waals surface area contributed by atoms with Crippen molar-refractivity contribution in [2.75, 3.05) is 6.54 Å². The number of nitrogens with one attached hydrogen (secondary N) is 1. The van der Waals surface area contributed by atoms with Gasteiger partial charge in [-0.3, -0.25) is 14.3 Å². The second-order valence-electron chi connectivity index (χ2n) is 6.68. The Hall–Kier alpha value is -1.85. The fourth-order valence-corrected chi connectivity index (χ4v) is 2.39. The van der Waals surface area contributed by atoms with Crippen molar-refractivity contribution < 1.29 is 14.7 Å². The summed E-state index contributed by atoms with van der Waals surface area (Å²) >= 11 is 0. The Bertz CT molecular complexity index is 541. The van der Waals surface area contributed by atoms with Gasteiger partial charge in [0.1, 0.15) is 0 Å². The topological polar surface area (TPSA) is 84.2 Å². The van der Waals surface area contributed by atoms with Crippen LogP contribution in [0.2, 0.25) is 0 Å². The normalized spacial score (nSPS) is 13.0. The van der Waals surface area contributed by atoms with Gasteiger partial charge in [-0.2, -0.15) is 5.10 Å². The van der Waals surface area contributed by atoms with Gasteiger partial charge in [0, 0.05) is 19.3 Å². The summed E-state index contributed by atoms with van der Waals surface area (Å²) in [4.78, 5) is 23.5. The molecule has 0 radical (unpaired) electrons. The van der Waals surface area contributed by atoms with Gasteiger partial charge in [-0.15, -0.1) is 0 Å². The fourth-order valence-electron chi connectivity index (χ4n) is 2.39. The van der Waals surface area contributed by atoms with Crippen LogP contribution >= 0.6 is 0 Å². The van der Waals surface area contributed by atoms with Gasteiger partial charge >= 0.3 is 5.97 Å². The van der Waals surface area contributed by atoms with Gasteiger partial charge in [0.15, 0.2) is 0 Å². The summed E-state index contributed by atoms with van der Waals surface area (Å²) in [6, 6.07) is 0. The van der Waals surface area contributed by atoms with Gasteiger partial charge in [-0.1, -0.05) is 20.8 Å². The van der Waals surface area contributed by atoms with Crippen LogP contribution in [0.5, 0.6) is 0 Å². The molecule has 118 valence electrons. The molecule has 0 aliphatic heterocycles. The number of carbonyl (C=O) groups excluding carboxylic acids is 1. The average Bonchev–Trinajstić information content (AvgIpc) is 2.56. The maximum atomic E-state index is 12.2. The highest BCUT2D eigenvalue weighted by Gasteiger charge is 2.26. The van der Waals surface area contributed by atoms with E-state index in [4.69, 9.17) is 0 Å². The molecule has 0 bridgehead atoms. The van der Waals surface area contributed by atoms with Crippen LogP contribution in [0.1, 0.15) is 48.9 Å². The lowest BCUT2D eigenvalue weighted by molar-refractivity contribution is -0.142. The van der Waals surface area contributed by atoms with Crippen LogP contribution < -0.4 is 5.32 Å². The first-order valence-electron chi connectivity index (χ1n) is 7.04. The molecule has 0 saturated heterocycles. The minimum Gasteiger partial charge on any atom is -0.481 e. The Morgan fingerprint density at radius 3 is 2.29 bits per heavy atom. The highest BCUT2D eigenvalue weighted by molar-refractivity contribution is 5.96. The first-order valence-corrected chi connectivity index (χ1v) is 7.04. The summed E-state index contributed by atoms with van der Waals surface area (Å²) < 4.78 is 1.65. The van der Waals surface area contributed by atoms with Crippen LogP contribution in [0.25, 0.3) is 0 Å². The average molecular weight is 295 g/mol. The van der Waals surface area contributed by atoms with Crippen molar-refractivity contribution >= 4 is 11.9 Å². The number of carboxylic acid groups (broad SMARTS) is 1. The lowest BCUT2D eigenvalue weighted by Crippen LogP contribution is -2.35. The van der Waals surface area contributed by atoms with E-state index in [2.05, 4.69) is 10.4 Å². The SMILES string of the molecule is Cc1nn(C)c(C)c1C(=O)NCC(CC(C)(C)C)C(=O)O. The Morgan fingerprint density at radius 2 is 1.90 bits per heavy atom. The molecule has 1 atom stereocenters. The van der Waals surface area contributed by atoms with Gasteiger partial charge in [0.2, 0.25) is 0 Å². The third-order valence-electron chi connectivity index (χ3n) is 3.45. The summed E-state index contributed by atoms with van der Waals surface area (Å²) in [6.45, 7) is 9.67. The van der Waals surface area contributed by atoms with E-state index in [1.54, 1.807) is 18.7 Å². The highest BCUT2D eigenvalue weighted by atomic mass is 16.4. The number of nitrogens with zero attached hydrogens (tertiary/aromatic N) is 2. The van der Waals surface area contributed by atoms with Crippen molar-refractivity contribution in [1.29, 1.82) is 0 Å². The van der Waals surface area contributed by atoms with Crippen LogP contribution in [-0.4, -0.2) is 33.3 Å². The third kappa shape index (κ3) is 4.58. The summed E-state index contributed by atoms with van der Waals surface area (Å²) in [5.74, 6) is -1.74. The maximum absolute atomic E-state index is 12.2. The van der Waals surface area contributed by atoms with Crippen LogP contribution in [-0.2, 0) is 11.8 Å². The van der Waals surface area contributed by atoms with E-state index >= 15 is 0 Å². The van der Waals surface area contributed by atoms with Crippen molar-refractivity contribution in [1.82, 2.24) is 15.1 Å². The predicted octanol–water partition coefficient (Wildman–Crippen LogP) is 1.90. The number of aromatic nitrogens is 2. The number of amides is 1. The second-order valence-corrected chi connectivity index (χ2v) is 6.68. The molecule has 2 N–H and O–H groups in total. The maximum Gasteiger partial charge on any atom is 0.308 e. The molecule has 0 aromatic carbocycles. The summed E-state index contributed by atoms with van der Waals surface area (Å²) in [5.41, 5.74) is 1.84. The zero-order valence-electron chi connectivity index (χ0n) is 13.6. The molecule has 1 aromatic rings. The Morgan fingerprint density at radius 1 is 1.33 bits per heavy atom. The second kappa shape index (κ2) is 6.28. The minimum absolute atomic E-state index is 0.103. The molecule has 1 rings (SSSR count). The number of hydrogen-bond acceptors (Lipinski definition) is 3. The molecule has 0 aliphatic rings. The zero-order valence-corrected chi connectivity index (χ0v) is 13.6. The molecule has 0 saturated carbocycles. The van der Waals surface area contributed by atoms with Gasteiger partial charge < -0.3 is 10.4 Å². The van der Waals surface area contributed by atoms with Crippen molar-refractivity contribution in [2.24, 2.45) is 18.4 Å². The smallest absolute Gasteiger partial charge is 0.308 e. The largest absolute Gasteiger partial charge is 0.481 e. The fraction of sp³-hybridized carbons (Fsp3) is 0.667. The summed E-state index contributed by atoms with van der Waals surface area (Å²) in [5, 5.41) is 16.2. The number of aryl methyl sites for hydroxylation is 2. The molecule has 1 unspecified atom stereocenters. The first-order chi connectivity index (χ1) is 9.53. The highest BCUT2D eigenvalue weighted by Crippen LogP contribution is 2.24. The van der Waals surface area contributed by atoms with Crippen molar-refractivity contribution in [2.45, 2.75) is 41.0 Å². The van der Waals surface area contributed by atoms with Gasteiger partial charge in [-0.05, 0) is 25.7 Å². The van der Waals surface area contributed by atoms with Crippen LogP contribution in [0, 0.1) is 25.2 Å². The first kappa shape index (κ1) is 17.2. The van der Waals surface area contributed by atoms with Gasteiger partial charge in [0.25, 0.3) is 5.91 Å². The number of carbonyl (C=O) groups is 2. The molecule has 6 heteroatoms. The van der Waals surface area contributed by atoms with E-state index in [0.717, 1.165) is 5.69 Å². The van der Waals surface area contributed by atoms with E-state index in [1.807, 2.05) is 27.7 Å². The zero-order chi connectivity index (χ0) is 16.4. The van der Waals surface area contributed by atoms with Crippen LogP contribution in [0.15, 0.2) is 0 Å². The Kier molecular flexibility index (Phi) is 5.15. The van der Waals surface area contributed by atoms with Crippen LogP contribution in [0.3, 0.4) is 0 Å². The van der Waals surface area contributed by atoms with E-state index in [0.29, 0.717) is 17.7 Å². The monoisotopic (exact) mass is 295 g/mol. The molecule has 21 heavy (non-hydrogen) atoms. The third-order valence-corrected chi connectivity index (χ3v) is 3.45. The molecule has 1 heterocycles. The summed E-state index contributed by atoms with van der Waals surface area (Å²) in [6.07, 6.45) is 0.508. The molecular weight excluding hydrogens is 270 g/mol. The number of rotatable bonds is 5. The molecule has 0 spiro atoms. The van der Waals surface area contributed by atoms with Crippen molar-refractivity contribution in [3.8, 4) is 0 Å². The molecule has 6 nitrogen and oxygen atoms in total. The lowest BCUT2D eigenvalue weighted by Gasteiger charge is -2.23. The molecule has 1 amide bonds. The van der Waals surface area contributed by atoms with Gasteiger partial charge in [-0.25, -0.2) is 0 Å². The molecular formula is C15H25N3O3. The van der Waals surface area contributed by atoms with E-state index in [-0.39, 0.29) is 17.9 Å². The minimum atomic E-state index is -0.884. The lowest BCUT2D eigenvalue weighted by atomic mass is 9.84. The number of carboxylic acids is 1. The van der Waals surface area contributed by atoms with Crippen molar-refractivity contribution in [3.63, 3.8) is 0 Å².